The van der Waals surface area contributed by atoms with E-state index in [1.807, 2.05) is 6.92 Å². The predicted molar refractivity (Wildman–Crippen MR) is 68.9 cm³/mol. The first kappa shape index (κ1) is 14.3. The van der Waals surface area contributed by atoms with Crippen LogP contribution in [0.25, 0.3) is 0 Å². The monoisotopic (exact) mass is 259 g/mol. The molecule has 0 radical (unpaired) electrons. The van der Waals surface area contributed by atoms with Gasteiger partial charge in [0.2, 0.25) is 0 Å². The van der Waals surface area contributed by atoms with Crippen LogP contribution in [0.4, 0.5) is 4.39 Å². The first-order chi connectivity index (χ1) is 8.08. The highest BCUT2D eigenvalue weighted by atomic mass is 32.2. The second kappa shape index (κ2) is 6.83. The average molecular weight is 259 g/mol. The van der Waals surface area contributed by atoms with Gasteiger partial charge in [0.1, 0.15) is 0 Å². The SMILES string of the molecule is COc1ccc(C(N)CSC(C)CO)cc1F. The number of thioether (sulfide) groups is 1. The fourth-order valence-corrected chi connectivity index (χ4v) is 2.16. The Morgan fingerprint density at radius 2 is 2.24 bits per heavy atom. The molecule has 0 bridgehead atoms. The second-order valence-corrected chi connectivity index (χ2v) is 5.30. The minimum absolute atomic E-state index is 0.119. The highest BCUT2D eigenvalue weighted by Crippen LogP contribution is 2.24. The molecule has 3 N–H and O–H groups in total. The Morgan fingerprint density at radius 3 is 2.76 bits per heavy atom. The van der Waals surface area contributed by atoms with E-state index in [-0.39, 0.29) is 23.6 Å². The Hall–Kier alpha value is -0.780. The maximum atomic E-state index is 13.4. The van der Waals surface area contributed by atoms with Crippen LogP contribution < -0.4 is 10.5 Å². The smallest absolute Gasteiger partial charge is 0.165 e. The molecule has 0 spiro atoms. The largest absolute Gasteiger partial charge is 0.494 e. The van der Waals surface area contributed by atoms with Gasteiger partial charge in [0.25, 0.3) is 0 Å². The number of hydrogen-bond donors (Lipinski definition) is 2. The summed E-state index contributed by atoms with van der Waals surface area (Å²) >= 11 is 1.57. The number of methoxy groups -OCH3 is 1. The lowest BCUT2D eigenvalue weighted by molar-refractivity contribution is 0.300. The van der Waals surface area contributed by atoms with E-state index in [2.05, 4.69) is 0 Å². The van der Waals surface area contributed by atoms with Gasteiger partial charge in [0.05, 0.1) is 13.7 Å². The Labute approximate surface area is 105 Å². The van der Waals surface area contributed by atoms with E-state index in [9.17, 15) is 4.39 Å². The first-order valence-electron chi connectivity index (χ1n) is 5.40. The van der Waals surface area contributed by atoms with Gasteiger partial charge in [0, 0.05) is 17.0 Å². The molecule has 5 heteroatoms. The standard InChI is InChI=1S/C12H18FNO2S/c1-8(6-15)17-7-11(14)9-3-4-12(16-2)10(13)5-9/h3-5,8,11,15H,6-7,14H2,1-2H3. The van der Waals surface area contributed by atoms with Crippen molar-refractivity contribution in [3.8, 4) is 5.75 Å². The fourth-order valence-electron chi connectivity index (χ4n) is 1.33. The summed E-state index contributed by atoms with van der Waals surface area (Å²) in [7, 11) is 1.43. The van der Waals surface area contributed by atoms with Crippen LogP contribution in [0, 0.1) is 5.82 Å². The molecular formula is C12H18FNO2S. The molecular weight excluding hydrogens is 241 g/mol. The lowest BCUT2D eigenvalue weighted by Gasteiger charge is -2.15. The normalized spacial score (nSPS) is 14.4. The predicted octanol–water partition coefficient (Wildman–Crippen LogP) is 1.95. The van der Waals surface area contributed by atoms with E-state index < -0.39 is 5.82 Å². The molecule has 0 aliphatic rings. The van der Waals surface area contributed by atoms with Gasteiger partial charge >= 0.3 is 0 Å². The van der Waals surface area contributed by atoms with Crippen LogP contribution in [0.5, 0.6) is 5.75 Å². The van der Waals surface area contributed by atoms with Crippen molar-refractivity contribution in [1.29, 1.82) is 0 Å². The zero-order valence-corrected chi connectivity index (χ0v) is 10.8. The van der Waals surface area contributed by atoms with Gasteiger partial charge in [-0.3, -0.25) is 0 Å². The van der Waals surface area contributed by atoms with Crippen LogP contribution in [-0.2, 0) is 0 Å². The quantitative estimate of drug-likeness (QED) is 0.820. The first-order valence-corrected chi connectivity index (χ1v) is 6.44. The Bertz CT molecular complexity index is 362. The molecule has 0 saturated carbocycles. The number of ether oxygens (including phenoxy) is 1. The summed E-state index contributed by atoms with van der Waals surface area (Å²) in [5.41, 5.74) is 6.69. The topological polar surface area (TPSA) is 55.5 Å². The summed E-state index contributed by atoms with van der Waals surface area (Å²) in [4.78, 5) is 0. The van der Waals surface area contributed by atoms with Crippen LogP contribution in [-0.4, -0.2) is 29.8 Å². The van der Waals surface area contributed by atoms with Gasteiger partial charge in [-0.2, -0.15) is 11.8 Å². The highest BCUT2D eigenvalue weighted by molar-refractivity contribution is 7.99. The third kappa shape index (κ3) is 4.18. The number of rotatable bonds is 6. The van der Waals surface area contributed by atoms with E-state index in [0.717, 1.165) is 5.56 Å². The van der Waals surface area contributed by atoms with Crippen LogP contribution in [0.3, 0.4) is 0 Å². The number of nitrogens with two attached hydrogens (primary N) is 1. The number of aliphatic hydroxyl groups excluding tert-OH is 1. The summed E-state index contributed by atoms with van der Waals surface area (Å²) in [6, 6.07) is 4.49. The zero-order chi connectivity index (χ0) is 12.8. The van der Waals surface area contributed by atoms with Crippen molar-refractivity contribution >= 4 is 11.8 Å². The molecule has 1 aromatic rings. The number of benzene rings is 1. The minimum atomic E-state index is -0.402. The summed E-state index contributed by atoms with van der Waals surface area (Å²) in [5, 5.41) is 9.04. The molecule has 0 heterocycles. The molecule has 0 saturated heterocycles. The van der Waals surface area contributed by atoms with Crippen LogP contribution in [0.2, 0.25) is 0 Å². The van der Waals surface area contributed by atoms with Crippen LogP contribution >= 0.6 is 11.8 Å². The van der Waals surface area contributed by atoms with Crippen molar-refractivity contribution in [2.24, 2.45) is 5.73 Å². The van der Waals surface area contributed by atoms with Crippen molar-refractivity contribution in [2.75, 3.05) is 19.5 Å². The third-order valence-corrected chi connectivity index (χ3v) is 3.69. The molecule has 17 heavy (non-hydrogen) atoms. The van der Waals surface area contributed by atoms with Crippen LogP contribution in [0.1, 0.15) is 18.5 Å². The second-order valence-electron chi connectivity index (χ2n) is 3.83. The Morgan fingerprint density at radius 1 is 1.53 bits per heavy atom. The molecule has 0 amide bonds. The molecule has 3 nitrogen and oxygen atoms in total. The molecule has 0 aliphatic carbocycles. The maximum absolute atomic E-state index is 13.4. The van der Waals surface area contributed by atoms with Crippen molar-refractivity contribution in [1.82, 2.24) is 0 Å². The van der Waals surface area contributed by atoms with Gasteiger partial charge in [-0.15, -0.1) is 0 Å². The van der Waals surface area contributed by atoms with E-state index in [4.69, 9.17) is 15.6 Å². The molecule has 96 valence electrons. The maximum Gasteiger partial charge on any atom is 0.165 e. The average Bonchev–Trinajstić information content (AvgIpc) is 2.35. The van der Waals surface area contributed by atoms with Gasteiger partial charge < -0.3 is 15.6 Å². The van der Waals surface area contributed by atoms with Gasteiger partial charge in [-0.1, -0.05) is 13.0 Å². The molecule has 2 unspecified atom stereocenters. The highest BCUT2D eigenvalue weighted by Gasteiger charge is 2.11. The molecule has 2 atom stereocenters. The fraction of sp³-hybridized carbons (Fsp3) is 0.500. The lowest BCUT2D eigenvalue weighted by atomic mass is 10.1. The summed E-state index contributed by atoms with van der Waals surface area (Å²) in [6.07, 6.45) is 0. The van der Waals surface area contributed by atoms with Crippen molar-refractivity contribution < 1.29 is 14.2 Å². The molecule has 0 fully saturated rings. The van der Waals surface area contributed by atoms with E-state index in [0.29, 0.717) is 5.75 Å². The Kier molecular flexibility index (Phi) is 5.74. The Balaban J connectivity index is 2.63. The summed E-state index contributed by atoms with van der Waals surface area (Å²) < 4.78 is 18.3. The minimum Gasteiger partial charge on any atom is -0.494 e. The van der Waals surface area contributed by atoms with Crippen molar-refractivity contribution in [3.63, 3.8) is 0 Å². The third-order valence-electron chi connectivity index (χ3n) is 2.42. The number of hydrogen-bond acceptors (Lipinski definition) is 4. The summed E-state index contributed by atoms with van der Waals surface area (Å²) in [6.45, 7) is 2.04. The molecule has 1 aromatic carbocycles. The summed E-state index contributed by atoms with van der Waals surface area (Å²) in [5.74, 6) is 0.464. The van der Waals surface area contributed by atoms with Crippen molar-refractivity contribution in [3.05, 3.63) is 29.6 Å². The molecule has 0 aliphatic heterocycles. The molecule has 0 aromatic heterocycles. The van der Waals surface area contributed by atoms with E-state index >= 15 is 0 Å². The van der Waals surface area contributed by atoms with Gasteiger partial charge in [-0.25, -0.2) is 4.39 Å². The number of halogens is 1. The van der Waals surface area contributed by atoms with Crippen LogP contribution in [0.15, 0.2) is 18.2 Å². The number of aliphatic hydroxyl groups is 1. The lowest BCUT2D eigenvalue weighted by Crippen LogP contribution is -2.16. The van der Waals surface area contributed by atoms with Crippen molar-refractivity contribution in [2.45, 2.75) is 18.2 Å². The van der Waals surface area contributed by atoms with E-state index in [1.54, 1.807) is 23.9 Å². The molecule has 1 rings (SSSR count). The van der Waals surface area contributed by atoms with E-state index in [1.165, 1.54) is 13.2 Å². The van der Waals surface area contributed by atoms with Gasteiger partial charge in [-0.05, 0) is 17.7 Å². The van der Waals surface area contributed by atoms with Gasteiger partial charge in [0.15, 0.2) is 11.6 Å². The zero-order valence-electron chi connectivity index (χ0n) is 10.0.